The lowest BCUT2D eigenvalue weighted by molar-refractivity contribution is -0.137. The Bertz CT molecular complexity index is 1040. The summed E-state index contributed by atoms with van der Waals surface area (Å²) in [5, 5.41) is 4.21. The van der Waals surface area contributed by atoms with Gasteiger partial charge in [-0.2, -0.15) is 18.3 Å². The van der Waals surface area contributed by atoms with E-state index in [9.17, 15) is 18.0 Å². The van der Waals surface area contributed by atoms with E-state index in [1.165, 1.54) is 12.1 Å². The van der Waals surface area contributed by atoms with E-state index in [1.54, 1.807) is 28.9 Å². The van der Waals surface area contributed by atoms with Gasteiger partial charge in [0.1, 0.15) is 5.69 Å². The number of benzene rings is 1. The average molecular weight is 414 g/mol. The second kappa shape index (κ2) is 7.93. The van der Waals surface area contributed by atoms with Gasteiger partial charge in [-0.1, -0.05) is 18.2 Å². The molecular weight excluding hydrogens is 393 g/mol. The van der Waals surface area contributed by atoms with Crippen LogP contribution in [0.25, 0.3) is 0 Å². The molecule has 1 atom stereocenters. The van der Waals surface area contributed by atoms with Crippen LogP contribution >= 0.6 is 0 Å². The smallest absolute Gasteiger partial charge is 0.329 e. The van der Waals surface area contributed by atoms with Crippen LogP contribution in [-0.4, -0.2) is 32.1 Å². The standard InChI is InChI=1S/C22H21F3N4O/c1-28-13-11-19(27-28)21(30)29-12-3-6-20(29)18-5-2-4-17(26-18)14-15-7-9-16(10-8-15)22(23,24)25/h2,4-5,7-11,13,20H,3,6,12,14H2,1H3/t20-/m1/s1. The van der Waals surface area contributed by atoms with Crippen LogP contribution in [0.1, 0.15) is 51.9 Å². The van der Waals surface area contributed by atoms with Crippen molar-refractivity contribution in [2.24, 2.45) is 7.05 Å². The molecule has 1 aliphatic heterocycles. The van der Waals surface area contributed by atoms with Crippen molar-refractivity contribution in [1.29, 1.82) is 0 Å². The van der Waals surface area contributed by atoms with E-state index in [0.717, 1.165) is 41.9 Å². The van der Waals surface area contributed by atoms with E-state index in [2.05, 4.69) is 5.10 Å². The quantitative estimate of drug-likeness (QED) is 0.636. The number of hydrogen-bond acceptors (Lipinski definition) is 3. The SMILES string of the molecule is Cn1ccc(C(=O)N2CCC[C@@H]2c2cccc(Cc3ccc(C(F)(F)F)cc3)n2)n1. The fourth-order valence-corrected chi connectivity index (χ4v) is 3.80. The summed E-state index contributed by atoms with van der Waals surface area (Å²) in [6.45, 7) is 0.644. The summed E-state index contributed by atoms with van der Waals surface area (Å²) in [6.07, 6.45) is -0.486. The molecule has 1 aliphatic rings. The highest BCUT2D eigenvalue weighted by Crippen LogP contribution is 2.32. The molecule has 0 aliphatic carbocycles. The maximum Gasteiger partial charge on any atom is 0.416 e. The lowest BCUT2D eigenvalue weighted by Crippen LogP contribution is -2.31. The molecule has 1 amide bonds. The number of likely N-dealkylation sites (tertiary alicyclic amines) is 1. The number of rotatable bonds is 4. The predicted octanol–water partition coefficient (Wildman–Crippen LogP) is 4.40. The number of amides is 1. The summed E-state index contributed by atoms with van der Waals surface area (Å²) in [4.78, 5) is 19.4. The molecule has 0 saturated carbocycles. The molecule has 1 fully saturated rings. The van der Waals surface area contributed by atoms with Crippen molar-refractivity contribution in [3.63, 3.8) is 0 Å². The van der Waals surface area contributed by atoms with Crippen LogP contribution < -0.4 is 0 Å². The zero-order chi connectivity index (χ0) is 21.3. The maximum atomic E-state index is 12.9. The summed E-state index contributed by atoms with van der Waals surface area (Å²) in [5.74, 6) is -0.118. The number of nitrogens with zero attached hydrogens (tertiary/aromatic N) is 4. The summed E-state index contributed by atoms with van der Waals surface area (Å²) in [7, 11) is 1.77. The molecule has 0 radical (unpaired) electrons. The molecule has 1 saturated heterocycles. The van der Waals surface area contributed by atoms with Crippen molar-refractivity contribution < 1.29 is 18.0 Å². The summed E-state index contributed by atoms with van der Waals surface area (Å²) in [6, 6.07) is 12.3. The van der Waals surface area contributed by atoms with Gasteiger partial charge in [-0.3, -0.25) is 14.5 Å². The van der Waals surface area contributed by atoms with E-state index in [0.29, 0.717) is 18.7 Å². The minimum atomic E-state index is -4.34. The molecule has 0 unspecified atom stereocenters. The van der Waals surface area contributed by atoms with Gasteiger partial charge in [0.2, 0.25) is 0 Å². The molecule has 4 rings (SSSR count). The van der Waals surface area contributed by atoms with Crippen molar-refractivity contribution in [2.75, 3.05) is 6.54 Å². The van der Waals surface area contributed by atoms with Gasteiger partial charge in [0.25, 0.3) is 5.91 Å². The zero-order valence-electron chi connectivity index (χ0n) is 16.4. The molecule has 2 aromatic heterocycles. The van der Waals surface area contributed by atoms with Gasteiger partial charge in [0, 0.05) is 31.9 Å². The Labute approximate surface area is 172 Å². The third kappa shape index (κ3) is 4.22. The lowest BCUT2D eigenvalue weighted by atomic mass is 10.1. The maximum absolute atomic E-state index is 12.9. The molecule has 3 aromatic rings. The van der Waals surface area contributed by atoms with Crippen LogP contribution in [-0.2, 0) is 19.6 Å². The third-order valence-corrected chi connectivity index (χ3v) is 5.28. The van der Waals surface area contributed by atoms with Crippen LogP contribution in [0.3, 0.4) is 0 Å². The van der Waals surface area contributed by atoms with Crippen molar-refractivity contribution in [3.8, 4) is 0 Å². The molecule has 156 valence electrons. The number of hydrogen-bond donors (Lipinski definition) is 0. The number of carbonyl (C=O) groups excluding carboxylic acids is 1. The van der Waals surface area contributed by atoms with E-state index < -0.39 is 11.7 Å². The molecule has 3 heterocycles. The predicted molar refractivity (Wildman–Crippen MR) is 105 cm³/mol. The minimum absolute atomic E-state index is 0.118. The summed E-state index contributed by atoms with van der Waals surface area (Å²) < 4.78 is 39.8. The Morgan fingerprint density at radius 1 is 1.13 bits per heavy atom. The van der Waals surface area contributed by atoms with Crippen molar-refractivity contribution >= 4 is 5.91 Å². The first kappa shape index (κ1) is 20.1. The van der Waals surface area contributed by atoms with E-state index in [1.807, 2.05) is 18.2 Å². The largest absolute Gasteiger partial charge is 0.416 e. The molecule has 0 bridgehead atoms. The Kier molecular flexibility index (Phi) is 5.32. The van der Waals surface area contributed by atoms with Gasteiger partial charge < -0.3 is 4.90 Å². The van der Waals surface area contributed by atoms with Gasteiger partial charge in [0.05, 0.1) is 17.3 Å². The highest BCUT2D eigenvalue weighted by Gasteiger charge is 2.33. The fraction of sp³-hybridized carbons (Fsp3) is 0.318. The first-order valence-corrected chi connectivity index (χ1v) is 9.74. The summed E-state index contributed by atoms with van der Waals surface area (Å²) in [5.41, 5.74) is 2.04. The van der Waals surface area contributed by atoms with E-state index in [4.69, 9.17) is 4.98 Å². The second-order valence-corrected chi connectivity index (χ2v) is 7.46. The van der Waals surface area contributed by atoms with Crippen molar-refractivity contribution in [3.05, 3.63) is 82.9 Å². The Morgan fingerprint density at radius 3 is 2.57 bits per heavy atom. The van der Waals surface area contributed by atoms with Gasteiger partial charge in [0.15, 0.2) is 0 Å². The molecular formula is C22H21F3N4O. The van der Waals surface area contributed by atoms with E-state index >= 15 is 0 Å². The second-order valence-electron chi connectivity index (χ2n) is 7.46. The molecule has 30 heavy (non-hydrogen) atoms. The van der Waals surface area contributed by atoms with Gasteiger partial charge >= 0.3 is 6.18 Å². The number of halogens is 3. The van der Waals surface area contributed by atoms with Crippen LogP contribution in [0.2, 0.25) is 0 Å². The Balaban J connectivity index is 1.52. The molecule has 0 N–H and O–H groups in total. The third-order valence-electron chi connectivity index (χ3n) is 5.28. The lowest BCUT2D eigenvalue weighted by Gasteiger charge is -2.24. The Hall–Kier alpha value is -3.16. The van der Waals surface area contributed by atoms with Crippen LogP contribution in [0.4, 0.5) is 13.2 Å². The fourth-order valence-electron chi connectivity index (χ4n) is 3.80. The zero-order valence-corrected chi connectivity index (χ0v) is 16.4. The highest BCUT2D eigenvalue weighted by molar-refractivity contribution is 5.92. The number of alkyl halides is 3. The first-order valence-electron chi connectivity index (χ1n) is 9.74. The van der Waals surface area contributed by atoms with Crippen LogP contribution in [0, 0.1) is 0 Å². The van der Waals surface area contributed by atoms with Crippen molar-refractivity contribution in [1.82, 2.24) is 19.7 Å². The monoisotopic (exact) mass is 414 g/mol. The molecule has 8 heteroatoms. The Morgan fingerprint density at radius 2 is 1.90 bits per heavy atom. The normalized spacial score (nSPS) is 16.8. The van der Waals surface area contributed by atoms with Gasteiger partial charge in [-0.25, -0.2) is 0 Å². The number of pyridine rings is 1. The molecule has 1 aromatic carbocycles. The summed E-state index contributed by atoms with van der Waals surface area (Å²) >= 11 is 0. The molecule has 0 spiro atoms. The van der Waals surface area contributed by atoms with Crippen LogP contribution in [0.15, 0.2) is 54.7 Å². The minimum Gasteiger partial charge on any atom is -0.329 e. The van der Waals surface area contributed by atoms with Crippen molar-refractivity contribution in [2.45, 2.75) is 31.5 Å². The number of aromatic nitrogens is 3. The number of aryl methyl sites for hydroxylation is 1. The highest BCUT2D eigenvalue weighted by atomic mass is 19.4. The van der Waals surface area contributed by atoms with E-state index in [-0.39, 0.29) is 11.9 Å². The van der Waals surface area contributed by atoms with Gasteiger partial charge in [-0.15, -0.1) is 0 Å². The average Bonchev–Trinajstić information content (AvgIpc) is 3.37. The number of carbonyl (C=O) groups is 1. The first-order chi connectivity index (χ1) is 14.3. The molecule has 5 nitrogen and oxygen atoms in total. The van der Waals surface area contributed by atoms with Crippen LogP contribution in [0.5, 0.6) is 0 Å². The topological polar surface area (TPSA) is 51.0 Å². The van der Waals surface area contributed by atoms with Gasteiger partial charge in [-0.05, 0) is 48.7 Å².